The summed E-state index contributed by atoms with van der Waals surface area (Å²) in [6.45, 7) is 7.36. The summed E-state index contributed by atoms with van der Waals surface area (Å²) in [5.41, 5.74) is 1.09. The van der Waals surface area contributed by atoms with Crippen LogP contribution in [0.2, 0.25) is 0 Å². The Morgan fingerprint density at radius 1 is 1.30 bits per heavy atom. The van der Waals surface area contributed by atoms with Gasteiger partial charge in [0.25, 0.3) is 0 Å². The normalized spacial score (nSPS) is 19.9. The van der Waals surface area contributed by atoms with Crippen molar-refractivity contribution in [1.82, 2.24) is 9.80 Å². The predicted molar refractivity (Wildman–Crippen MR) is 88.3 cm³/mol. The summed E-state index contributed by atoms with van der Waals surface area (Å²) in [6.07, 6.45) is 1.12. The minimum Gasteiger partial charge on any atom is -0.396 e. The van der Waals surface area contributed by atoms with Crippen molar-refractivity contribution in [1.29, 1.82) is 0 Å². The fraction of sp³-hybridized carbons (Fsp3) is 0.611. The standard InChI is InChI=1S/C18H27FN2O2/c1-14(2)17-13-21(18(23)8-11-22)10-3-9-20(17)12-15-4-6-16(19)7-5-15/h4-7,14,17,22H,3,8-13H2,1-2H3/t17-/m1/s1. The summed E-state index contributed by atoms with van der Waals surface area (Å²) in [4.78, 5) is 16.4. The van der Waals surface area contributed by atoms with Crippen LogP contribution in [0.15, 0.2) is 24.3 Å². The Bertz CT molecular complexity index is 504. The molecule has 128 valence electrons. The van der Waals surface area contributed by atoms with E-state index in [0.717, 1.165) is 31.6 Å². The van der Waals surface area contributed by atoms with Gasteiger partial charge in [0.15, 0.2) is 0 Å². The fourth-order valence-corrected chi connectivity index (χ4v) is 3.20. The molecule has 0 aliphatic carbocycles. The van der Waals surface area contributed by atoms with Gasteiger partial charge in [-0.3, -0.25) is 9.69 Å². The first-order valence-electron chi connectivity index (χ1n) is 8.38. The Balaban J connectivity index is 2.09. The molecule has 1 atom stereocenters. The van der Waals surface area contributed by atoms with E-state index in [-0.39, 0.29) is 30.8 Å². The van der Waals surface area contributed by atoms with Gasteiger partial charge >= 0.3 is 0 Å². The lowest BCUT2D eigenvalue weighted by Gasteiger charge is -2.34. The van der Waals surface area contributed by atoms with E-state index in [1.165, 1.54) is 12.1 Å². The highest BCUT2D eigenvalue weighted by molar-refractivity contribution is 5.76. The second-order valence-electron chi connectivity index (χ2n) is 6.58. The first kappa shape index (κ1) is 17.9. The van der Waals surface area contributed by atoms with Crippen LogP contribution >= 0.6 is 0 Å². The first-order valence-corrected chi connectivity index (χ1v) is 8.38. The number of amides is 1. The van der Waals surface area contributed by atoms with Crippen molar-refractivity contribution in [2.45, 2.75) is 39.3 Å². The van der Waals surface area contributed by atoms with Crippen LogP contribution in [-0.2, 0) is 11.3 Å². The molecule has 0 bridgehead atoms. The van der Waals surface area contributed by atoms with Crippen molar-refractivity contribution < 1.29 is 14.3 Å². The smallest absolute Gasteiger partial charge is 0.224 e. The van der Waals surface area contributed by atoms with Gasteiger partial charge in [-0.15, -0.1) is 0 Å². The van der Waals surface area contributed by atoms with E-state index in [0.29, 0.717) is 12.5 Å². The number of nitrogens with zero attached hydrogens (tertiary/aromatic N) is 2. The molecule has 1 aromatic carbocycles. The average molecular weight is 322 g/mol. The van der Waals surface area contributed by atoms with Crippen molar-refractivity contribution in [2.75, 3.05) is 26.2 Å². The first-order chi connectivity index (χ1) is 11.0. The SMILES string of the molecule is CC(C)[C@H]1CN(C(=O)CCO)CCCN1Cc1ccc(F)cc1. The molecule has 0 unspecified atom stereocenters. The van der Waals surface area contributed by atoms with Gasteiger partial charge in [-0.2, -0.15) is 0 Å². The van der Waals surface area contributed by atoms with Crippen molar-refractivity contribution in [2.24, 2.45) is 5.92 Å². The van der Waals surface area contributed by atoms with Crippen LogP contribution in [0.1, 0.15) is 32.3 Å². The number of carbonyl (C=O) groups is 1. The Morgan fingerprint density at radius 2 is 2.00 bits per heavy atom. The van der Waals surface area contributed by atoms with Crippen molar-refractivity contribution in [3.05, 3.63) is 35.6 Å². The molecular weight excluding hydrogens is 295 g/mol. The van der Waals surface area contributed by atoms with Crippen molar-refractivity contribution in [3.63, 3.8) is 0 Å². The van der Waals surface area contributed by atoms with Gasteiger partial charge in [-0.1, -0.05) is 26.0 Å². The monoisotopic (exact) mass is 322 g/mol. The van der Waals surface area contributed by atoms with Crippen molar-refractivity contribution >= 4 is 5.91 Å². The Morgan fingerprint density at radius 3 is 2.61 bits per heavy atom. The molecule has 0 saturated carbocycles. The lowest BCUT2D eigenvalue weighted by atomic mass is 10.0. The topological polar surface area (TPSA) is 43.8 Å². The summed E-state index contributed by atoms with van der Waals surface area (Å²) in [6, 6.07) is 6.91. The van der Waals surface area contributed by atoms with Gasteiger partial charge in [0.2, 0.25) is 5.91 Å². The second kappa shape index (κ2) is 8.41. The molecule has 5 heteroatoms. The molecule has 1 aromatic rings. The average Bonchev–Trinajstić information content (AvgIpc) is 2.72. The molecule has 0 radical (unpaired) electrons. The van der Waals surface area contributed by atoms with Gasteiger partial charge in [-0.25, -0.2) is 4.39 Å². The number of rotatable bonds is 5. The summed E-state index contributed by atoms with van der Waals surface area (Å²) in [5, 5.41) is 8.99. The maximum absolute atomic E-state index is 13.1. The quantitative estimate of drug-likeness (QED) is 0.904. The molecule has 23 heavy (non-hydrogen) atoms. The number of benzene rings is 1. The summed E-state index contributed by atoms with van der Waals surface area (Å²) < 4.78 is 13.1. The van der Waals surface area contributed by atoms with E-state index in [2.05, 4.69) is 18.7 Å². The number of halogens is 1. The third kappa shape index (κ3) is 5.01. The maximum Gasteiger partial charge on any atom is 0.224 e. The van der Waals surface area contributed by atoms with Crippen LogP contribution in [-0.4, -0.2) is 53.1 Å². The molecule has 1 saturated heterocycles. The van der Waals surface area contributed by atoms with E-state index >= 15 is 0 Å². The Labute approximate surface area is 137 Å². The van der Waals surface area contributed by atoms with E-state index in [9.17, 15) is 9.18 Å². The van der Waals surface area contributed by atoms with Gasteiger partial charge in [0, 0.05) is 38.6 Å². The minimum absolute atomic E-state index is 0.0294. The van der Waals surface area contributed by atoms with Crippen LogP contribution in [0, 0.1) is 11.7 Å². The molecule has 1 heterocycles. The molecule has 1 fully saturated rings. The van der Waals surface area contributed by atoms with Gasteiger partial charge in [0.1, 0.15) is 5.82 Å². The zero-order valence-electron chi connectivity index (χ0n) is 14.0. The molecule has 1 N–H and O–H groups in total. The predicted octanol–water partition coefficient (Wildman–Crippen LogP) is 2.27. The van der Waals surface area contributed by atoms with Crippen LogP contribution in [0.4, 0.5) is 4.39 Å². The minimum atomic E-state index is -0.217. The summed E-state index contributed by atoms with van der Waals surface area (Å²) >= 11 is 0. The maximum atomic E-state index is 13.1. The van der Waals surface area contributed by atoms with Crippen LogP contribution in [0.3, 0.4) is 0 Å². The zero-order chi connectivity index (χ0) is 16.8. The molecule has 4 nitrogen and oxygen atoms in total. The molecule has 1 aliphatic heterocycles. The number of carbonyl (C=O) groups excluding carboxylic acids is 1. The van der Waals surface area contributed by atoms with E-state index in [1.807, 2.05) is 17.0 Å². The lowest BCUT2D eigenvalue weighted by Crippen LogP contribution is -2.45. The number of hydrogen-bond acceptors (Lipinski definition) is 3. The molecule has 0 aromatic heterocycles. The molecule has 2 rings (SSSR count). The fourth-order valence-electron chi connectivity index (χ4n) is 3.20. The lowest BCUT2D eigenvalue weighted by molar-refractivity contribution is -0.132. The summed E-state index contributed by atoms with van der Waals surface area (Å²) in [7, 11) is 0. The van der Waals surface area contributed by atoms with Crippen LogP contribution in [0.25, 0.3) is 0 Å². The van der Waals surface area contributed by atoms with Gasteiger partial charge in [0.05, 0.1) is 6.61 Å². The molecule has 0 spiro atoms. The highest BCUT2D eigenvalue weighted by Gasteiger charge is 2.29. The highest BCUT2D eigenvalue weighted by Crippen LogP contribution is 2.20. The molecule has 1 aliphatic rings. The largest absolute Gasteiger partial charge is 0.396 e. The second-order valence-corrected chi connectivity index (χ2v) is 6.58. The van der Waals surface area contributed by atoms with Crippen molar-refractivity contribution in [3.8, 4) is 0 Å². The molecule has 1 amide bonds. The third-order valence-electron chi connectivity index (χ3n) is 4.50. The highest BCUT2D eigenvalue weighted by atomic mass is 19.1. The van der Waals surface area contributed by atoms with E-state index in [1.54, 1.807) is 0 Å². The number of hydrogen-bond donors (Lipinski definition) is 1. The van der Waals surface area contributed by atoms with E-state index in [4.69, 9.17) is 5.11 Å². The molecular formula is C18H27FN2O2. The number of aliphatic hydroxyl groups excluding tert-OH is 1. The van der Waals surface area contributed by atoms with Gasteiger partial charge in [-0.05, 0) is 30.0 Å². The Kier molecular flexibility index (Phi) is 6.54. The summed E-state index contributed by atoms with van der Waals surface area (Å²) in [5.74, 6) is 0.227. The van der Waals surface area contributed by atoms with Crippen LogP contribution in [0.5, 0.6) is 0 Å². The zero-order valence-corrected chi connectivity index (χ0v) is 14.0. The number of aliphatic hydroxyl groups is 1. The van der Waals surface area contributed by atoms with E-state index < -0.39 is 0 Å². The third-order valence-corrected chi connectivity index (χ3v) is 4.50. The van der Waals surface area contributed by atoms with Crippen LogP contribution < -0.4 is 0 Å². The van der Waals surface area contributed by atoms with Gasteiger partial charge < -0.3 is 10.0 Å². The Hall–Kier alpha value is -1.46.